The van der Waals surface area contributed by atoms with Gasteiger partial charge in [0, 0.05) is 11.8 Å². The van der Waals surface area contributed by atoms with Gasteiger partial charge in [-0.25, -0.2) is 9.78 Å². The van der Waals surface area contributed by atoms with E-state index in [2.05, 4.69) is 20.2 Å². The van der Waals surface area contributed by atoms with Gasteiger partial charge in [0.2, 0.25) is 0 Å². The number of rotatable bonds is 6. The highest BCUT2D eigenvalue weighted by molar-refractivity contribution is 5.84. The standard InChI is InChI=1S/C16H14F3N3O3/c1-24-15(23)10-25-13-5-3-2-4-11(13)8-21-22-14-7-6-12(9-20-14)16(17,18)19/h2-9H,10H2,1H3,(H,20,22)/b21-8-. The van der Waals surface area contributed by atoms with Crippen molar-refractivity contribution in [2.45, 2.75) is 6.18 Å². The van der Waals surface area contributed by atoms with Crippen LogP contribution < -0.4 is 10.2 Å². The molecular weight excluding hydrogens is 339 g/mol. The van der Waals surface area contributed by atoms with Crippen molar-refractivity contribution >= 4 is 18.0 Å². The topological polar surface area (TPSA) is 72.8 Å². The summed E-state index contributed by atoms with van der Waals surface area (Å²) in [6, 6.07) is 8.86. The number of carbonyl (C=O) groups is 1. The van der Waals surface area contributed by atoms with E-state index in [1.807, 2.05) is 0 Å². The summed E-state index contributed by atoms with van der Waals surface area (Å²) in [4.78, 5) is 14.7. The molecule has 0 aliphatic rings. The molecule has 0 fully saturated rings. The van der Waals surface area contributed by atoms with Crippen LogP contribution in [0.4, 0.5) is 19.0 Å². The van der Waals surface area contributed by atoms with Crippen LogP contribution in [-0.2, 0) is 15.7 Å². The first kappa shape index (κ1) is 18.2. The molecule has 9 heteroatoms. The molecule has 2 rings (SSSR count). The van der Waals surface area contributed by atoms with Crippen LogP contribution in [-0.4, -0.2) is 30.9 Å². The highest BCUT2D eigenvalue weighted by Gasteiger charge is 2.30. The highest BCUT2D eigenvalue weighted by atomic mass is 19.4. The summed E-state index contributed by atoms with van der Waals surface area (Å²) in [6.07, 6.45) is -2.33. The second-order valence-corrected chi connectivity index (χ2v) is 4.70. The van der Waals surface area contributed by atoms with E-state index in [0.29, 0.717) is 17.5 Å². The van der Waals surface area contributed by atoms with Gasteiger partial charge in [-0.1, -0.05) is 12.1 Å². The fourth-order valence-electron chi connectivity index (χ4n) is 1.71. The summed E-state index contributed by atoms with van der Waals surface area (Å²) in [5.41, 5.74) is 2.24. The number of benzene rings is 1. The van der Waals surface area contributed by atoms with E-state index in [1.54, 1.807) is 24.3 Å². The molecule has 0 atom stereocenters. The normalized spacial score (nSPS) is 11.4. The van der Waals surface area contributed by atoms with Gasteiger partial charge in [-0.15, -0.1) is 0 Å². The number of aromatic nitrogens is 1. The second kappa shape index (κ2) is 8.13. The van der Waals surface area contributed by atoms with Crippen LogP contribution in [0.25, 0.3) is 0 Å². The third-order valence-electron chi connectivity index (χ3n) is 2.97. The van der Waals surface area contributed by atoms with Gasteiger partial charge in [-0.05, 0) is 24.3 Å². The molecule has 132 valence electrons. The Morgan fingerprint density at radius 3 is 2.68 bits per heavy atom. The molecule has 1 heterocycles. The van der Waals surface area contributed by atoms with Gasteiger partial charge in [0.15, 0.2) is 6.61 Å². The molecular formula is C16H14F3N3O3. The quantitative estimate of drug-likeness (QED) is 0.491. The lowest BCUT2D eigenvalue weighted by Crippen LogP contribution is -2.13. The number of ether oxygens (including phenoxy) is 2. The zero-order chi connectivity index (χ0) is 18.3. The molecule has 25 heavy (non-hydrogen) atoms. The fraction of sp³-hybridized carbons (Fsp3) is 0.188. The van der Waals surface area contributed by atoms with Gasteiger partial charge in [0.05, 0.1) is 18.9 Å². The summed E-state index contributed by atoms with van der Waals surface area (Å²) in [7, 11) is 1.25. The minimum absolute atomic E-state index is 0.150. The number of halogens is 3. The van der Waals surface area contributed by atoms with Crippen LogP contribution in [0.15, 0.2) is 47.7 Å². The zero-order valence-electron chi connectivity index (χ0n) is 13.1. The van der Waals surface area contributed by atoms with E-state index in [1.165, 1.54) is 19.4 Å². The molecule has 2 aromatic rings. The Labute approximate surface area is 141 Å². The van der Waals surface area contributed by atoms with E-state index in [-0.39, 0.29) is 12.4 Å². The number of hydrazone groups is 1. The Kier molecular flexibility index (Phi) is 5.93. The maximum absolute atomic E-state index is 12.5. The van der Waals surface area contributed by atoms with Crippen molar-refractivity contribution in [3.05, 3.63) is 53.7 Å². The van der Waals surface area contributed by atoms with E-state index < -0.39 is 17.7 Å². The Hall–Kier alpha value is -3.10. The predicted molar refractivity (Wildman–Crippen MR) is 84.4 cm³/mol. The average Bonchev–Trinajstić information content (AvgIpc) is 2.60. The number of carbonyl (C=O) groups excluding carboxylic acids is 1. The van der Waals surface area contributed by atoms with Crippen LogP contribution in [0.3, 0.4) is 0 Å². The number of alkyl halides is 3. The minimum Gasteiger partial charge on any atom is -0.481 e. The first-order valence-corrected chi connectivity index (χ1v) is 7.01. The molecule has 0 saturated heterocycles. The summed E-state index contributed by atoms with van der Waals surface area (Å²) in [5, 5.41) is 3.90. The number of anilines is 1. The van der Waals surface area contributed by atoms with Crippen LogP contribution in [0.5, 0.6) is 5.75 Å². The van der Waals surface area contributed by atoms with Crippen molar-refractivity contribution in [3.63, 3.8) is 0 Å². The number of nitrogens with zero attached hydrogens (tertiary/aromatic N) is 2. The number of hydrogen-bond donors (Lipinski definition) is 1. The molecule has 0 radical (unpaired) electrons. The van der Waals surface area contributed by atoms with Crippen molar-refractivity contribution in [1.29, 1.82) is 0 Å². The molecule has 1 aromatic heterocycles. The monoisotopic (exact) mass is 353 g/mol. The first-order valence-electron chi connectivity index (χ1n) is 7.01. The van der Waals surface area contributed by atoms with Gasteiger partial charge >= 0.3 is 12.1 Å². The summed E-state index contributed by atoms with van der Waals surface area (Å²) in [5.74, 6) is 0.0230. The summed E-state index contributed by atoms with van der Waals surface area (Å²) in [6.45, 7) is -0.255. The molecule has 0 spiro atoms. The van der Waals surface area contributed by atoms with Crippen LogP contribution in [0.2, 0.25) is 0 Å². The van der Waals surface area contributed by atoms with Gasteiger partial charge in [-0.2, -0.15) is 18.3 Å². The Balaban J connectivity index is 2.01. The number of hydrogen-bond acceptors (Lipinski definition) is 6. The lowest BCUT2D eigenvalue weighted by atomic mass is 10.2. The summed E-state index contributed by atoms with van der Waals surface area (Å²) < 4.78 is 47.2. The number of pyridine rings is 1. The van der Waals surface area contributed by atoms with Gasteiger partial charge in [-0.3, -0.25) is 5.43 Å². The van der Waals surface area contributed by atoms with Gasteiger partial charge < -0.3 is 9.47 Å². The van der Waals surface area contributed by atoms with Crippen LogP contribution in [0, 0.1) is 0 Å². The lowest BCUT2D eigenvalue weighted by Gasteiger charge is -2.08. The Morgan fingerprint density at radius 1 is 1.28 bits per heavy atom. The smallest absolute Gasteiger partial charge is 0.417 e. The number of nitrogens with one attached hydrogen (secondary N) is 1. The molecule has 6 nitrogen and oxygen atoms in total. The van der Waals surface area contributed by atoms with Crippen molar-refractivity contribution < 1.29 is 27.4 Å². The van der Waals surface area contributed by atoms with Crippen LogP contribution in [0.1, 0.15) is 11.1 Å². The van der Waals surface area contributed by atoms with Crippen molar-refractivity contribution in [1.82, 2.24) is 4.98 Å². The largest absolute Gasteiger partial charge is 0.481 e. The molecule has 0 aliphatic carbocycles. The molecule has 1 N–H and O–H groups in total. The molecule has 0 aliphatic heterocycles. The molecule has 0 amide bonds. The Morgan fingerprint density at radius 2 is 2.04 bits per heavy atom. The SMILES string of the molecule is COC(=O)COc1ccccc1/C=N\Nc1ccc(C(F)(F)F)cn1. The Bertz CT molecular complexity index is 746. The lowest BCUT2D eigenvalue weighted by molar-refractivity contribution is -0.143. The first-order chi connectivity index (χ1) is 11.9. The van der Waals surface area contributed by atoms with E-state index in [9.17, 15) is 18.0 Å². The van der Waals surface area contributed by atoms with E-state index in [4.69, 9.17) is 4.74 Å². The zero-order valence-corrected chi connectivity index (χ0v) is 13.1. The minimum atomic E-state index is -4.44. The van der Waals surface area contributed by atoms with Crippen molar-refractivity contribution in [2.24, 2.45) is 5.10 Å². The van der Waals surface area contributed by atoms with Crippen molar-refractivity contribution in [3.8, 4) is 5.75 Å². The van der Waals surface area contributed by atoms with Crippen LogP contribution >= 0.6 is 0 Å². The molecule has 0 unspecified atom stereocenters. The van der Waals surface area contributed by atoms with E-state index in [0.717, 1.165) is 6.07 Å². The molecule has 0 bridgehead atoms. The van der Waals surface area contributed by atoms with Crippen molar-refractivity contribution in [2.75, 3.05) is 19.1 Å². The van der Waals surface area contributed by atoms with E-state index >= 15 is 0 Å². The number of methoxy groups -OCH3 is 1. The number of esters is 1. The van der Waals surface area contributed by atoms with Gasteiger partial charge in [0.25, 0.3) is 0 Å². The number of para-hydroxylation sites is 1. The average molecular weight is 353 g/mol. The summed E-state index contributed by atoms with van der Waals surface area (Å²) >= 11 is 0. The van der Waals surface area contributed by atoms with Gasteiger partial charge in [0.1, 0.15) is 11.6 Å². The highest BCUT2D eigenvalue weighted by Crippen LogP contribution is 2.28. The fourth-order valence-corrected chi connectivity index (χ4v) is 1.71. The third kappa shape index (κ3) is 5.48. The predicted octanol–water partition coefficient (Wildman–Crippen LogP) is 3.10. The molecule has 1 aromatic carbocycles. The second-order valence-electron chi connectivity index (χ2n) is 4.70. The molecule has 0 saturated carbocycles. The maximum Gasteiger partial charge on any atom is 0.417 e. The third-order valence-corrected chi connectivity index (χ3v) is 2.97. The maximum atomic E-state index is 12.5.